The second kappa shape index (κ2) is 7.22. The van der Waals surface area contributed by atoms with Gasteiger partial charge in [0, 0.05) is 11.6 Å². The number of rotatable bonds is 4. The Hall–Kier alpha value is -2.55. The fourth-order valence-corrected chi connectivity index (χ4v) is 4.35. The van der Waals surface area contributed by atoms with Crippen molar-refractivity contribution < 1.29 is 9.53 Å². The molecule has 0 aromatic heterocycles. The summed E-state index contributed by atoms with van der Waals surface area (Å²) in [5.41, 5.74) is 5.66. The smallest absolute Gasteiger partial charge is 0.338 e. The van der Waals surface area contributed by atoms with Crippen molar-refractivity contribution in [3.05, 3.63) is 76.9 Å². The van der Waals surface area contributed by atoms with Crippen LogP contribution in [0.3, 0.4) is 0 Å². The van der Waals surface area contributed by atoms with Crippen molar-refractivity contribution in [3.8, 4) is 0 Å². The standard InChI is InChI=1S/C24H27NO2/c1-4-27-24(26)18-12-13-22-21(14-18)19-6-5-7-20(19)23(25-22)17-10-8-16(9-11-17)15(2)3/h5-6,8-15,19-20,23,25H,4,7H2,1-3H3/t19-,20+,23+/m1/s1. The zero-order valence-electron chi connectivity index (χ0n) is 16.2. The third-order valence-electron chi connectivity index (χ3n) is 5.84. The first kappa shape index (κ1) is 17.8. The highest BCUT2D eigenvalue weighted by molar-refractivity contribution is 5.90. The Morgan fingerprint density at radius 1 is 1.19 bits per heavy atom. The molecular formula is C24H27NO2. The average molecular weight is 361 g/mol. The number of hydrogen-bond donors (Lipinski definition) is 1. The highest BCUT2D eigenvalue weighted by Crippen LogP contribution is 2.50. The summed E-state index contributed by atoms with van der Waals surface area (Å²) in [4.78, 5) is 12.1. The summed E-state index contributed by atoms with van der Waals surface area (Å²) < 4.78 is 5.17. The number of esters is 1. The number of nitrogens with one attached hydrogen (secondary N) is 1. The summed E-state index contributed by atoms with van der Waals surface area (Å²) in [7, 11) is 0. The number of carbonyl (C=O) groups excluding carboxylic acids is 1. The van der Waals surface area contributed by atoms with Gasteiger partial charge in [-0.25, -0.2) is 4.79 Å². The molecule has 2 aromatic rings. The van der Waals surface area contributed by atoms with E-state index in [1.165, 1.54) is 16.7 Å². The van der Waals surface area contributed by atoms with Gasteiger partial charge in [0.15, 0.2) is 0 Å². The second-order valence-electron chi connectivity index (χ2n) is 7.82. The summed E-state index contributed by atoms with van der Waals surface area (Å²) in [6.45, 7) is 6.68. The highest BCUT2D eigenvalue weighted by Gasteiger charge is 2.38. The van der Waals surface area contributed by atoms with Gasteiger partial charge in [-0.05, 0) is 60.1 Å². The molecule has 1 aliphatic heterocycles. The minimum atomic E-state index is -0.245. The van der Waals surface area contributed by atoms with Crippen LogP contribution >= 0.6 is 0 Å². The van der Waals surface area contributed by atoms with E-state index < -0.39 is 0 Å². The molecule has 1 aliphatic carbocycles. The summed E-state index contributed by atoms with van der Waals surface area (Å²) in [5.74, 6) is 1.11. The molecule has 27 heavy (non-hydrogen) atoms. The first-order valence-corrected chi connectivity index (χ1v) is 9.92. The predicted molar refractivity (Wildman–Crippen MR) is 109 cm³/mol. The molecule has 0 bridgehead atoms. The van der Waals surface area contributed by atoms with Crippen LogP contribution < -0.4 is 5.32 Å². The number of ether oxygens (including phenoxy) is 1. The van der Waals surface area contributed by atoms with Gasteiger partial charge in [-0.15, -0.1) is 0 Å². The third kappa shape index (κ3) is 3.27. The van der Waals surface area contributed by atoms with Crippen LogP contribution in [0.1, 0.15) is 72.1 Å². The summed E-state index contributed by atoms with van der Waals surface area (Å²) in [6, 6.07) is 15.2. The molecule has 1 heterocycles. The first-order valence-electron chi connectivity index (χ1n) is 9.92. The van der Waals surface area contributed by atoms with Gasteiger partial charge in [-0.3, -0.25) is 0 Å². The molecule has 3 heteroatoms. The average Bonchev–Trinajstić information content (AvgIpc) is 3.17. The largest absolute Gasteiger partial charge is 0.462 e. The van der Waals surface area contributed by atoms with Crippen molar-refractivity contribution >= 4 is 11.7 Å². The van der Waals surface area contributed by atoms with Gasteiger partial charge >= 0.3 is 5.97 Å². The molecule has 3 nitrogen and oxygen atoms in total. The SMILES string of the molecule is CCOC(=O)c1ccc2c(c1)[C@@H]1C=CC[C@@H]1[C@H](c1ccc(C(C)C)cc1)N2. The van der Waals surface area contributed by atoms with Crippen LogP contribution in [0.25, 0.3) is 0 Å². The number of carbonyl (C=O) groups is 1. The van der Waals surface area contributed by atoms with Crippen LogP contribution in [0.15, 0.2) is 54.6 Å². The van der Waals surface area contributed by atoms with Crippen molar-refractivity contribution in [2.75, 3.05) is 11.9 Å². The van der Waals surface area contributed by atoms with Crippen LogP contribution in [-0.2, 0) is 4.74 Å². The lowest BCUT2D eigenvalue weighted by molar-refractivity contribution is 0.0526. The molecule has 0 saturated carbocycles. The maximum Gasteiger partial charge on any atom is 0.338 e. The Morgan fingerprint density at radius 2 is 1.96 bits per heavy atom. The van der Waals surface area contributed by atoms with Crippen LogP contribution in [-0.4, -0.2) is 12.6 Å². The van der Waals surface area contributed by atoms with Gasteiger partial charge < -0.3 is 10.1 Å². The number of anilines is 1. The van der Waals surface area contributed by atoms with Crippen LogP contribution in [0.5, 0.6) is 0 Å². The predicted octanol–water partition coefficient (Wildman–Crippen LogP) is 5.81. The molecule has 2 aromatic carbocycles. The normalized spacial score (nSPS) is 22.9. The van der Waals surface area contributed by atoms with Crippen molar-refractivity contribution in [3.63, 3.8) is 0 Å². The molecule has 0 spiro atoms. The monoisotopic (exact) mass is 361 g/mol. The Bertz CT molecular complexity index is 866. The maximum absolute atomic E-state index is 12.1. The molecule has 2 aliphatic rings. The van der Waals surface area contributed by atoms with E-state index in [0.717, 1.165) is 12.1 Å². The summed E-state index contributed by atoms with van der Waals surface area (Å²) >= 11 is 0. The number of benzene rings is 2. The van der Waals surface area contributed by atoms with E-state index in [0.29, 0.717) is 29.9 Å². The van der Waals surface area contributed by atoms with Crippen molar-refractivity contribution in [1.82, 2.24) is 0 Å². The highest BCUT2D eigenvalue weighted by atomic mass is 16.5. The molecule has 0 saturated heterocycles. The lowest BCUT2D eigenvalue weighted by Gasteiger charge is -2.37. The topological polar surface area (TPSA) is 38.3 Å². The fraction of sp³-hybridized carbons (Fsp3) is 0.375. The van der Waals surface area contributed by atoms with Gasteiger partial charge in [-0.1, -0.05) is 50.3 Å². The number of allylic oxidation sites excluding steroid dienone is 2. The lowest BCUT2D eigenvalue weighted by atomic mass is 9.76. The zero-order chi connectivity index (χ0) is 19.0. The molecule has 0 radical (unpaired) electrons. The van der Waals surface area contributed by atoms with E-state index in [1.54, 1.807) is 0 Å². The van der Waals surface area contributed by atoms with Gasteiger partial charge in [0.05, 0.1) is 18.2 Å². The van der Waals surface area contributed by atoms with E-state index in [4.69, 9.17) is 4.74 Å². The van der Waals surface area contributed by atoms with E-state index >= 15 is 0 Å². The van der Waals surface area contributed by atoms with Gasteiger partial charge in [0.1, 0.15) is 0 Å². The summed E-state index contributed by atoms with van der Waals surface area (Å²) in [5, 5.41) is 3.74. The minimum Gasteiger partial charge on any atom is -0.462 e. The van der Waals surface area contributed by atoms with Crippen molar-refractivity contribution in [1.29, 1.82) is 0 Å². The Balaban J connectivity index is 1.67. The van der Waals surface area contributed by atoms with E-state index in [2.05, 4.69) is 55.6 Å². The van der Waals surface area contributed by atoms with E-state index in [9.17, 15) is 4.79 Å². The molecule has 4 rings (SSSR count). The number of fused-ring (bicyclic) bond motifs is 3. The van der Waals surface area contributed by atoms with Gasteiger partial charge in [-0.2, -0.15) is 0 Å². The molecule has 140 valence electrons. The number of hydrogen-bond acceptors (Lipinski definition) is 3. The van der Waals surface area contributed by atoms with Crippen molar-refractivity contribution in [2.24, 2.45) is 5.92 Å². The van der Waals surface area contributed by atoms with Crippen LogP contribution in [0.2, 0.25) is 0 Å². The fourth-order valence-electron chi connectivity index (χ4n) is 4.35. The van der Waals surface area contributed by atoms with Gasteiger partial charge in [0.2, 0.25) is 0 Å². The molecule has 0 unspecified atom stereocenters. The second-order valence-corrected chi connectivity index (χ2v) is 7.82. The first-order chi connectivity index (χ1) is 13.1. The molecular weight excluding hydrogens is 334 g/mol. The molecule has 0 fully saturated rings. The maximum atomic E-state index is 12.1. The Morgan fingerprint density at radius 3 is 2.67 bits per heavy atom. The van der Waals surface area contributed by atoms with Crippen molar-refractivity contribution in [2.45, 2.75) is 45.1 Å². The summed E-state index contributed by atoms with van der Waals surface area (Å²) in [6.07, 6.45) is 5.63. The Labute approximate surface area is 161 Å². The minimum absolute atomic E-state index is 0.245. The third-order valence-corrected chi connectivity index (χ3v) is 5.84. The van der Waals surface area contributed by atoms with Gasteiger partial charge in [0.25, 0.3) is 0 Å². The zero-order valence-corrected chi connectivity index (χ0v) is 16.2. The lowest BCUT2D eigenvalue weighted by Crippen LogP contribution is -2.29. The Kier molecular flexibility index (Phi) is 4.77. The quantitative estimate of drug-likeness (QED) is 0.551. The van der Waals surface area contributed by atoms with Crippen LogP contribution in [0, 0.1) is 5.92 Å². The molecule has 3 atom stereocenters. The van der Waals surface area contributed by atoms with Crippen LogP contribution in [0.4, 0.5) is 5.69 Å². The molecule has 0 amide bonds. The molecule has 1 N–H and O–H groups in total. The van der Waals surface area contributed by atoms with E-state index in [1.807, 2.05) is 25.1 Å². The van der Waals surface area contributed by atoms with E-state index in [-0.39, 0.29) is 12.0 Å².